The fraction of sp³-hybridized carbons (Fsp3) is 0.824. The van der Waals surface area contributed by atoms with Crippen molar-refractivity contribution < 1.29 is 23.9 Å². The van der Waals surface area contributed by atoms with Crippen molar-refractivity contribution in [1.29, 1.82) is 0 Å². The van der Waals surface area contributed by atoms with E-state index in [1.54, 1.807) is 41.5 Å². The molecule has 0 radical (unpaired) electrons. The van der Waals surface area contributed by atoms with Gasteiger partial charge in [0.1, 0.15) is 17.0 Å². The summed E-state index contributed by atoms with van der Waals surface area (Å²) in [5, 5.41) is 0. The van der Waals surface area contributed by atoms with E-state index in [0.29, 0.717) is 19.3 Å². The zero-order valence-corrected chi connectivity index (χ0v) is 14.5. The summed E-state index contributed by atoms with van der Waals surface area (Å²) in [5.41, 5.74) is -1.37. The first kappa shape index (κ1) is 18.7. The van der Waals surface area contributed by atoms with Crippen LogP contribution in [0.4, 0.5) is 0 Å². The Bertz CT molecular complexity index is 411. The Kier molecular flexibility index (Phi) is 5.76. The molecule has 0 aromatic heterocycles. The van der Waals surface area contributed by atoms with Crippen LogP contribution in [0.15, 0.2) is 0 Å². The van der Waals surface area contributed by atoms with Crippen LogP contribution in [-0.4, -0.2) is 28.9 Å². The monoisotopic (exact) mass is 312 g/mol. The molecule has 5 nitrogen and oxygen atoms in total. The first-order chi connectivity index (χ1) is 9.89. The lowest BCUT2D eigenvalue weighted by molar-refractivity contribution is -0.177. The molecule has 1 fully saturated rings. The van der Waals surface area contributed by atoms with Gasteiger partial charge in [-0.2, -0.15) is 0 Å². The average molecular weight is 312 g/mol. The second-order valence-corrected chi connectivity index (χ2v) is 7.94. The quantitative estimate of drug-likeness (QED) is 0.592. The number of ether oxygens (including phenoxy) is 2. The van der Waals surface area contributed by atoms with Crippen molar-refractivity contribution in [3.8, 4) is 0 Å². The molecule has 1 atom stereocenters. The van der Waals surface area contributed by atoms with Crippen molar-refractivity contribution in [3.63, 3.8) is 0 Å². The topological polar surface area (TPSA) is 69.7 Å². The zero-order chi connectivity index (χ0) is 17.1. The third-order valence-electron chi connectivity index (χ3n) is 3.31. The highest BCUT2D eigenvalue weighted by Gasteiger charge is 2.42. The van der Waals surface area contributed by atoms with Crippen molar-refractivity contribution in [2.24, 2.45) is 11.8 Å². The van der Waals surface area contributed by atoms with Gasteiger partial charge >= 0.3 is 11.9 Å². The number of hydrogen-bond acceptors (Lipinski definition) is 5. The average Bonchev–Trinajstić information content (AvgIpc) is 2.23. The highest BCUT2D eigenvalue weighted by molar-refractivity contribution is 5.96. The number of hydrogen-bond donors (Lipinski definition) is 0. The Morgan fingerprint density at radius 3 is 1.82 bits per heavy atom. The Labute approximate surface area is 132 Å². The lowest BCUT2D eigenvalue weighted by atomic mass is 9.79. The Hall–Kier alpha value is -1.39. The fourth-order valence-corrected chi connectivity index (χ4v) is 2.55. The molecule has 0 N–H and O–H groups in total. The summed E-state index contributed by atoms with van der Waals surface area (Å²) in [4.78, 5) is 36.6. The van der Waals surface area contributed by atoms with E-state index in [9.17, 15) is 14.4 Å². The van der Waals surface area contributed by atoms with E-state index in [1.807, 2.05) is 0 Å². The van der Waals surface area contributed by atoms with Gasteiger partial charge in [0.25, 0.3) is 0 Å². The number of Topliss-reactive ketones (excluding diaryl/α,β-unsaturated/α-hetero) is 1. The zero-order valence-electron chi connectivity index (χ0n) is 14.5. The first-order valence-corrected chi connectivity index (χ1v) is 7.86. The molecule has 0 aromatic carbocycles. The molecule has 22 heavy (non-hydrogen) atoms. The van der Waals surface area contributed by atoms with Crippen molar-refractivity contribution in [1.82, 2.24) is 0 Å². The van der Waals surface area contributed by atoms with Gasteiger partial charge in [-0.25, -0.2) is 0 Å². The van der Waals surface area contributed by atoms with Crippen molar-refractivity contribution in [2.75, 3.05) is 0 Å². The van der Waals surface area contributed by atoms with Crippen molar-refractivity contribution in [3.05, 3.63) is 0 Å². The van der Waals surface area contributed by atoms with Gasteiger partial charge in [0.05, 0.1) is 0 Å². The van der Waals surface area contributed by atoms with Gasteiger partial charge in [0.15, 0.2) is 5.92 Å². The van der Waals surface area contributed by atoms with Crippen LogP contribution in [-0.2, 0) is 23.9 Å². The molecular weight excluding hydrogens is 284 g/mol. The smallest absolute Gasteiger partial charge is 0.321 e. The molecule has 1 rings (SSSR count). The highest BCUT2D eigenvalue weighted by Crippen LogP contribution is 2.32. The molecule has 0 spiro atoms. The van der Waals surface area contributed by atoms with Gasteiger partial charge in [-0.05, 0) is 60.3 Å². The minimum Gasteiger partial charge on any atom is -0.459 e. The fourth-order valence-electron chi connectivity index (χ4n) is 2.55. The summed E-state index contributed by atoms with van der Waals surface area (Å²) in [6.07, 6.45) is 2.12. The molecule has 0 bridgehead atoms. The second-order valence-electron chi connectivity index (χ2n) is 7.94. The number of carbonyl (C=O) groups excluding carboxylic acids is 3. The number of esters is 2. The van der Waals surface area contributed by atoms with Gasteiger partial charge in [-0.1, -0.05) is 0 Å². The number of ketones is 1. The lowest BCUT2D eigenvalue weighted by Gasteiger charge is -2.31. The van der Waals surface area contributed by atoms with Gasteiger partial charge < -0.3 is 9.47 Å². The summed E-state index contributed by atoms with van der Waals surface area (Å²) < 4.78 is 10.7. The van der Waals surface area contributed by atoms with Crippen LogP contribution >= 0.6 is 0 Å². The van der Waals surface area contributed by atoms with Gasteiger partial charge in [0, 0.05) is 12.8 Å². The maximum Gasteiger partial charge on any atom is 0.321 e. The standard InChI is InChI=1S/C17H28O5/c1-16(2,3)21-14(19)13(15(20)22-17(4,5)6)11-8-7-9-12(18)10-11/h11,13H,7-10H2,1-6H3/t11-/m0/s1. The molecule has 126 valence electrons. The predicted octanol–water partition coefficient (Wildman–Crippen LogP) is 3.05. The van der Waals surface area contributed by atoms with Crippen molar-refractivity contribution >= 4 is 17.7 Å². The maximum absolute atomic E-state index is 12.5. The maximum atomic E-state index is 12.5. The van der Waals surface area contributed by atoms with E-state index >= 15 is 0 Å². The van der Waals surface area contributed by atoms with Crippen LogP contribution < -0.4 is 0 Å². The summed E-state index contributed by atoms with van der Waals surface area (Å²) >= 11 is 0. The Morgan fingerprint density at radius 1 is 1.00 bits per heavy atom. The minimum absolute atomic E-state index is 0.0911. The summed E-state index contributed by atoms with van der Waals surface area (Å²) in [5.74, 6) is -2.45. The van der Waals surface area contributed by atoms with Crippen LogP contribution in [0.25, 0.3) is 0 Å². The van der Waals surface area contributed by atoms with Crippen LogP contribution in [0.5, 0.6) is 0 Å². The second kappa shape index (κ2) is 6.80. The normalized spacial score (nSPS) is 20.0. The van der Waals surface area contributed by atoms with Crippen LogP contribution in [0.1, 0.15) is 67.2 Å². The van der Waals surface area contributed by atoms with E-state index in [0.717, 1.165) is 0 Å². The minimum atomic E-state index is -1.03. The molecule has 1 aliphatic rings. The van der Waals surface area contributed by atoms with Crippen LogP contribution in [0.2, 0.25) is 0 Å². The molecule has 5 heteroatoms. The van der Waals surface area contributed by atoms with E-state index in [1.165, 1.54) is 0 Å². The molecular formula is C17H28O5. The summed E-state index contributed by atoms with van der Waals surface area (Å²) in [6, 6.07) is 0. The van der Waals surface area contributed by atoms with E-state index in [2.05, 4.69) is 0 Å². The van der Waals surface area contributed by atoms with Crippen LogP contribution in [0, 0.1) is 11.8 Å². The third-order valence-corrected chi connectivity index (χ3v) is 3.31. The third kappa shape index (κ3) is 6.16. The molecule has 0 amide bonds. The van der Waals surface area contributed by atoms with E-state index < -0.39 is 29.1 Å². The van der Waals surface area contributed by atoms with Gasteiger partial charge in [-0.3, -0.25) is 14.4 Å². The lowest BCUT2D eigenvalue weighted by Crippen LogP contribution is -2.42. The SMILES string of the molecule is CC(C)(C)OC(=O)C(C(=O)OC(C)(C)C)[C@H]1CCCC(=O)C1. The number of rotatable bonds is 3. The van der Waals surface area contributed by atoms with E-state index in [4.69, 9.17) is 9.47 Å². The first-order valence-electron chi connectivity index (χ1n) is 7.86. The molecule has 1 aliphatic carbocycles. The predicted molar refractivity (Wildman–Crippen MR) is 82.1 cm³/mol. The van der Waals surface area contributed by atoms with E-state index in [-0.39, 0.29) is 18.1 Å². The molecule has 1 saturated carbocycles. The van der Waals surface area contributed by atoms with Gasteiger partial charge in [0.2, 0.25) is 0 Å². The van der Waals surface area contributed by atoms with Gasteiger partial charge in [-0.15, -0.1) is 0 Å². The number of carbonyl (C=O) groups is 3. The van der Waals surface area contributed by atoms with Crippen molar-refractivity contribution in [2.45, 2.75) is 78.4 Å². The summed E-state index contributed by atoms with van der Waals surface area (Å²) in [6.45, 7) is 10.5. The summed E-state index contributed by atoms with van der Waals surface area (Å²) in [7, 11) is 0. The molecule has 0 unspecified atom stereocenters. The molecule has 0 aromatic rings. The molecule has 0 heterocycles. The Balaban J connectivity index is 2.96. The largest absolute Gasteiger partial charge is 0.459 e. The molecule has 0 saturated heterocycles. The molecule has 0 aliphatic heterocycles. The Morgan fingerprint density at radius 2 is 1.45 bits per heavy atom. The van der Waals surface area contributed by atoms with Crippen LogP contribution in [0.3, 0.4) is 0 Å². The highest BCUT2D eigenvalue weighted by atomic mass is 16.6.